The molecule has 0 bridgehead atoms. The van der Waals surface area contributed by atoms with Crippen LogP contribution in [0.4, 0.5) is 5.95 Å². The minimum Gasteiger partial charge on any atom is -0.436 e. The minimum absolute atomic E-state index is 0.317. The molecule has 138 valence electrons. The van der Waals surface area contributed by atoms with Gasteiger partial charge in [-0.2, -0.15) is 0 Å². The third kappa shape index (κ3) is 3.14. The molecular formula is C21H28N4O. The van der Waals surface area contributed by atoms with Crippen LogP contribution in [0.5, 0.6) is 11.6 Å². The average molecular weight is 352 g/mol. The highest BCUT2D eigenvalue weighted by Crippen LogP contribution is 2.35. The van der Waals surface area contributed by atoms with Gasteiger partial charge in [0.2, 0.25) is 11.8 Å². The molecule has 5 heteroatoms. The molecule has 26 heavy (non-hydrogen) atoms. The van der Waals surface area contributed by atoms with Gasteiger partial charge in [0.1, 0.15) is 5.75 Å². The van der Waals surface area contributed by atoms with Gasteiger partial charge < -0.3 is 15.0 Å². The maximum Gasteiger partial charge on any atom is 0.248 e. The van der Waals surface area contributed by atoms with Crippen LogP contribution in [-0.2, 0) is 0 Å². The zero-order valence-electron chi connectivity index (χ0n) is 16.6. The first-order valence-corrected chi connectivity index (χ1v) is 9.26. The molecule has 1 aromatic carbocycles. The fourth-order valence-electron chi connectivity index (χ4n) is 3.73. The molecule has 3 rings (SSSR count). The number of rotatable bonds is 5. The summed E-state index contributed by atoms with van der Waals surface area (Å²) < 4.78 is 8.38. The fourth-order valence-corrected chi connectivity index (χ4v) is 3.73. The van der Waals surface area contributed by atoms with Gasteiger partial charge in [-0.1, -0.05) is 31.5 Å². The Labute approximate surface area is 155 Å². The molecule has 0 aliphatic heterocycles. The number of hydrogen-bond acceptors (Lipinski definition) is 4. The lowest BCUT2D eigenvalue weighted by Crippen LogP contribution is -2.10. The van der Waals surface area contributed by atoms with Gasteiger partial charge >= 0.3 is 0 Å². The lowest BCUT2D eigenvalue weighted by Gasteiger charge is -2.17. The molecule has 0 amide bonds. The summed E-state index contributed by atoms with van der Waals surface area (Å²) in [6.45, 7) is 12.5. The van der Waals surface area contributed by atoms with E-state index < -0.39 is 0 Å². The van der Waals surface area contributed by atoms with Gasteiger partial charge in [0.15, 0.2) is 5.52 Å². The number of nitrogens with zero attached hydrogens (tertiary/aromatic N) is 3. The Kier molecular flexibility index (Phi) is 4.90. The number of anilines is 1. The summed E-state index contributed by atoms with van der Waals surface area (Å²) in [6.07, 6.45) is 2.00. The van der Waals surface area contributed by atoms with Crippen molar-refractivity contribution in [3.05, 3.63) is 40.6 Å². The van der Waals surface area contributed by atoms with Gasteiger partial charge in [0, 0.05) is 11.7 Å². The molecule has 0 fully saturated rings. The maximum atomic E-state index is 6.27. The van der Waals surface area contributed by atoms with E-state index in [0.717, 1.165) is 46.4 Å². The van der Waals surface area contributed by atoms with Gasteiger partial charge in [-0.05, 0) is 57.7 Å². The number of aromatic nitrogens is 3. The number of imidazole rings is 1. The van der Waals surface area contributed by atoms with Crippen LogP contribution >= 0.6 is 0 Å². The van der Waals surface area contributed by atoms with Gasteiger partial charge in [-0.15, -0.1) is 0 Å². The van der Waals surface area contributed by atoms with Crippen LogP contribution in [-0.4, -0.2) is 14.5 Å². The Bertz CT molecular complexity index is 931. The molecule has 5 nitrogen and oxygen atoms in total. The van der Waals surface area contributed by atoms with Crippen LogP contribution in [0.25, 0.3) is 11.0 Å². The third-order valence-electron chi connectivity index (χ3n) is 4.91. The SMILES string of the molecule is CCC(CC)n1c(N)nc2c(Oc3c(C)cc(C)cc3C)nc(C)cc21. The second kappa shape index (κ2) is 6.98. The Morgan fingerprint density at radius 2 is 1.62 bits per heavy atom. The lowest BCUT2D eigenvalue weighted by molar-refractivity contribution is 0.459. The molecule has 2 N–H and O–H groups in total. The number of pyridine rings is 1. The molecule has 0 saturated heterocycles. The third-order valence-corrected chi connectivity index (χ3v) is 4.91. The molecule has 0 aliphatic carbocycles. The Balaban J connectivity index is 2.18. The van der Waals surface area contributed by atoms with Crippen LogP contribution in [0, 0.1) is 27.7 Å². The monoisotopic (exact) mass is 352 g/mol. The molecule has 0 unspecified atom stereocenters. The first-order valence-electron chi connectivity index (χ1n) is 9.26. The van der Waals surface area contributed by atoms with Gasteiger partial charge in [0.05, 0.1) is 5.52 Å². The Hall–Kier alpha value is -2.56. The minimum atomic E-state index is 0.317. The van der Waals surface area contributed by atoms with E-state index in [9.17, 15) is 0 Å². The van der Waals surface area contributed by atoms with Crippen LogP contribution in [0.3, 0.4) is 0 Å². The van der Waals surface area contributed by atoms with E-state index in [1.807, 2.05) is 13.0 Å². The van der Waals surface area contributed by atoms with Crippen molar-refractivity contribution >= 4 is 17.0 Å². The van der Waals surface area contributed by atoms with Crippen molar-refractivity contribution in [2.75, 3.05) is 5.73 Å². The number of benzene rings is 1. The van der Waals surface area contributed by atoms with Gasteiger partial charge in [0.25, 0.3) is 0 Å². The van der Waals surface area contributed by atoms with E-state index >= 15 is 0 Å². The molecule has 2 heterocycles. The summed E-state index contributed by atoms with van der Waals surface area (Å²) in [4.78, 5) is 9.21. The molecule has 0 spiro atoms. The smallest absolute Gasteiger partial charge is 0.248 e. The highest BCUT2D eigenvalue weighted by atomic mass is 16.5. The van der Waals surface area contributed by atoms with Crippen LogP contribution < -0.4 is 10.5 Å². The molecule has 0 radical (unpaired) electrons. The summed E-state index contributed by atoms with van der Waals surface area (Å²) in [5.74, 6) is 1.88. The van der Waals surface area contributed by atoms with Crippen molar-refractivity contribution in [1.82, 2.24) is 14.5 Å². The first kappa shape index (κ1) is 18.2. The number of nitrogens with two attached hydrogens (primary N) is 1. The van der Waals surface area contributed by atoms with Crippen molar-refractivity contribution in [1.29, 1.82) is 0 Å². The Morgan fingerprint density at radius 1 is 1.00 bits per heavy atom. The van der Waals surface area contributed by atoms with Crippen LogP contribution in [0.2, 0.25) is 0 Å². The predicted molar refractivity (Wildman–Crippen MR) is 107 cm³/mol. The summed E-state index contributed by atoms with van der Waals surface area (Å²) in [6, 6.07) is 6.59. The topological polar surface area (TPSA) is 66.0 Å². The van der Waals surface area contributed by atoms with E-state index in [4.69, 9.17) is 10.5 Å². The number of aryl methyl sites for hydroxylation is 4. The van der Waals surface area contributed by atoms with E-state index in [1.54, 1.807) is 0 Å². The normalized spacial score (nSPS) is 11.5. The summed E-state index contributed by atoms with van der Waals surface area (Å²) in [7, 11) is 0. The number of nitrogen functional groups attached to an aromatic ring is 1. The fraction of sp³-hybridized carbons (Fsp3) is 0.429. The molecular weight excluding hydrogens is 324 g/mol. The van der Waals surface area contributed by atoms with Crippen molar-refractivity contribution in [2.45, 2.75) is 60.4 Å². The largest absolute Gasteiger partial charge is 0.436 e. The van der Waals surface area contributed by atoms with E-state index in [1.165, 1.54) is 5.56 Å². The van der Waals surface area contributed by atoms with Crippen molar-refractivity contribution < 1.29 is 4.74 Å². The summed E-state index contributed by atoms with van der Waals surface area (Å²) >= 11 is 0. The van der Waals surface area contributed by atoms with Crippen LogP contribution in [0.1, 0.15) is 55.1 Å². The molecule has 2 aromatic heterocycles. The second-order valence-electron chi connectivity index (χ2n) is 7.08. The maximum absolute atomic E-state index is 6.27. The molecule has 0 saturated carbocycles. The van der Waals surface area contributed by atoms with Crippen molar-refractivity contribution in [2.24, 2.45) is 0 Å². The standard InChI is InChI=1S/C21H28N4O/c1-7-16(8-2)25-17-11-15(6)23-20(18(17)24-21(25)22)26-19-13(4)9-12(3)10-14(19)5/h9-11,16H,7-8H2,1-6H3,(H2,22,24). The van der Waals surface area contributed by atoms with Crippen molar-refractivity contribution in [3.63, 3.8) is 0 Å². The van der Waals surface area contributed by atoms with E-state index in [-0.39, 0.29) is 0 Å². The zero-order chi connectivity index (χ0) is 19.0. The Morgan fingerprint density at radius 3 is 2.19 bits per heavy atom. The molecule has 0 atom stereocenters. The van der Waals surface area contributed by atoms with Gasteiger partial charge in [-0.25, -0.2) is 9.97 Å². The predicted octanol–water partition coefficient (Wildman–Crippen LogP) is 5.40. The quantitative estimate of drug-likeness (QED) is 0.667. The average Bonchev–Trinajstić information content (AvgIpc) is 2.89. The number of fused-ring (bicyclic) bond motifs is 1. The summed E-state index contributed by atoms with van der Waals surface area (Å²) in [5, 5.41) is 0. The second-order valence-corrected chi connectivity index (χ2v) is 7.08. The van der Waals surface area contributed by atoms with Crippen molar-refractivity contribution in [3.8, 4) is 11.6 Å². The number of ether oxygens (including phenoxy) is 1. The van der Waals surface area contributed by atoms with E-state index in [2.05, 4.69) is 61.3 Å². The molecule has 3 aromatic rings. The highest BCUT2D eigenvalue weighted by Gasteiger charge is 2.20. The molecule has 0 aliphatic rings. The zero-order valence-corrected chi connectivity index (χ0v) is 16.6. The first-order chi connectivity index (χ1) is 12.3. The van der Waals surface area contributed by atoms with E-state index in [0.29, 0.717) is 17.9 Å². The van der Waals surface area contributed by atoms with Crippen LogP contribution in [0.15, 0.2) is 18.2 Å². The lowest BCUT2D eigenvalue weighted by atomic mass is 10.1. The van der Waals surface area contributed by atoms with Gasteiger partial charge in [-0.3, -0.25) is 0 Å². The highest BCUT2D eigenvalue weighted by molar-refractivity contribution is 5.83. The number of hydrogen-bond donors (Lipinski definition) is 1. The summed E-state index contributed by atoms with van der Waals surface area (Å²) in [5.41, 5.74) is 12.3.